The molecule has 1 aromatic carbocycles. The largest absolute Gasteiger partial charge is 0.477 e. The fraction of sp³-hybridized carbons (Fsp3) is 0.357. The lowest BCUT2D eigenvalue weighted by Gasteiger charge is -2.33. The maximum atomic E-state index is 13.6. The molecule has 0 aliphatic heterocycles. The van der Waals surface area contributed by atoms with Crippen LogP contribution >= 0.6 is 11.3 Å². The van der Waals surface area contributed by atoms with Crippen LogP contribution in [0.1, 0.15) is 56.1 Å². The Hall–Kier alpha value is -3.52. The SMILES string of the molecule is CC1CCC(C(=O)N(c2cc(-c3ccc(-c4cc5cccnn5n4)cc3)sc2C(=O)O)C(C)C)CC1. The summed E-state index contributed by atoms with van der Waals surface area (Å²) >= 11 is 1.21. The standard InChI is InChI=1S/C28H30N4O3S/c1-17(2)31(27(33)21-8-6-18(3)7-9-21)24-16-25(36-26(24)28(34)35)20-12-10-19(11-13-20)23-15-22-5-4-14-29-32(22)30-23/h4-5,10-18,21H,6-9H2,1-3H3,(H,34,35). The monoisotopic (exact) mass is 502 g/mol. The minimum atomic E-state index is -1.01. The lowest BCUT2D eigenvalue weighted by atomic mass is 9.82. The molecule has 1 aliphatic rings. The van der Waals surface area contributed by atoms with Crippen LogP contribution < -0.4 is 4.90 Å². The number of aromatic nitrogens is 3. The first-order valence-corrected chi connectivity index (χ1v) is 13.3. The minimum absolute atomic E-state index is 0.0413. The van der Waals surface area contributed by atoms with Gasteiger partial charge in [-0.2, -0.15) is 9.73 Å². The first-order valence-electron chi connectivity index (χ1n) is 12.4. The molecule has 0 radical (unpaired) electrons. The van der Waals surface area contributed by atoms with E-state index < -0.39 is 5.97 Å². The van der Waals surface area contributed by atoms with E-state index in [1.165, 1.54) is 11.3 Å². The summed E-state index contributed by atoms with van der Waals surface area (Å²) in [4.78, 5) is 28.5. The van der Waals surface area contributed by atoms with Crippen LogP contribution in [0.2, 0.25) is 0 Å². The summed E-state index contributed by atoms with van der Waals surface area (Å²) in [7, 11) is 0. The molecule has 4 aromatic rings. The molecule has 0 bridgehead atoms. The Labute approximate surface area is 214 Å². The van der Waals surface area contributed by atoms with Crippen molar-refractivity contribution in [3.05, 3.63) is 59.6 Å². The lowest BCUT2D eigenvalue weighted by molar-refractivity contribution is -0.123. The van der Waals surface area contributed by atoms with E-state index in [1.54, 1.807) is 15.7 Å². The van der Waals surface area contributed by atoms with Gasteiger partial charge >= 0.3 is 5.97 Å². The van der Waals surface area contributed by atoms with Gasteiger partial charge in [-0.3, -0.25) is 4.79 Å². The average Bonchev–Trinajstić information content (AvgIpc) is 3.49. The fourth-order valence-corrected chi connectivity index (χ4v) is 5.99. The summed E-state index contributed by atoms with van der Waals surface area (Å²) in [6, 6.07) is 15.4. The van der Waals surface area contributed by atoms with Crippen molar-refractivity contribution in [2.45, 2.75) is 52.5 Å². The summed E-state index contributed by atoms with van der Waals surface area (Å²) in [5, 5.41) is 18.7. The van der Waals surface area contributed by atoms with Crippen molar-refractivity contribution in [3.63, 3.8) is 0 Å². The number of amides is 1. The van der Waals surface area contributed by atoms with Crippen LogP contribution in [-0.4, -0.2) is 37.9 Å². The lowest BCUT2D eigenvalue weighted by Crippen LogP contribution is -2.42. The smallest absolute Gasteiger partial charge is 0.348 e. The van der Waals surface area contributed by atoms with E-state index in [0.29, 0.717) is 11.6 Å². The summed E-state index contributed by atoms with van der Waals surface area (Å²) in [5.41, 5.74) is 4.08. The van der Waals surface area contributed by atoms with E-state index >= 15 is 0 Å². The first kappa shape index (κ1) is 24.2. The highest BCUT2D eigenvalue weighted by atomic mass is 32.1. The number of thiophene rings is 1. The van der Waals surface area contributed by atoms with E-state index in [1.807, 2.05) is 62.4 Å². The van der Waals surface area contributed by atoms with Gasteiger partial charge in [0.15, 0.2) is 0 Å². The average molecular weight is 503 g/mol. The van der Waals surface area contributed by atoms with E-state index in [0.717, 1.165) is 52.9 Å². The van der Waals surface area contributed by atoms with Crippen molar-refractivity contribution in [3.8, 4) is 21.7 Å². The number of hydrogen-bond acceptors (Lipinski definition) is 5. The highest BCUT2D eigenvalue weighted by Gasteiger charge is 2.33. The van der Waals surface area contributed by atoms with Crippen LogP contribution in [-0.2, 0) is 4.79 Å². The van der Waals surface area contributed by atoms with Crippen molar-refractivity contribution in [1.29, 1.82) is 0 Å². The van der Waals surface area contributed by atoms with Crippen molar-refractivity contribution < 1.29 is 14.7 Å². The topological polar surface area (TPSA) is 87.8 Å². The van der Waals surface area contributed by atoms with Crippen LogP contribution in [0.5, 0.6) is 0 Å². The predicted octanol–water partition coefficient (Wildman–Crippen LogP) is 6.39. The van der Waals surface area contributed by atoms with Gasteiger partial charge < -0.3 is 10.0 Å². The van der Waals surface area contributed by atoms with E-state index in [-0.39, 0.29) is 22.7 Å². The molecule has 5 rings (SSSR count). The molecular weight excluding hydrogens is 472 g/mol. The number of carbonyl (C=O) groups excluding carboxylic acids is 1. The van der Waals surface area contributed by atoms with Crippen LogP contribution in [0.4, 0.5) is 5.69 Å². The van der Waals surface area contributed by atoms with Gasteiger partial charge in [0, 0.05) is 28.6 Å². The molecule has 186 valence electrons. The molecule has 3 aromatic heterocycles. The molecule has 0 spiro atoms. The molecule has 8 heteroatoms. The molecule has 3 heterocycles. The Morgan fingerprint density at radius 3 is 2.39 bits per heavy atom. The van der Waals surface area contributed by atoms with Gasteiger partial charge in [0.1, 0.15) is 4.88 Å². The third-order valence-corrected chi connectivity index (χ3v) is 8.16. The second-order valence-corrected chi connectivity index (χ2v) is 11.0. The molecule has 0 saturated heterocycles. The fourth-order valence-electron chi connectivity index (χ4n) is 4.99. The molecule has 0 atom stereocenters. The van der Waals surface area contributed by atoms with Gasteiger partial charge in [-0.25, -0.2) is 4.79 Å². The van der Waals surface area contributed by atoms with Crippen LogP contribution in [0.15, 0.2) is 54.7 Å². The zero-order valence-corrected chi connectivity index (χ0v) is 21.5. The Bertz CT molecular complexity index is 1360. The zero-order chi connectivity index (χ0) is 25.4. The number of nitrogens with zero attached hydrogens (tertiary/aromatic N) is 4. The molecule has 1 aliphatic carbocycles. The zero-order valence-electron chi connectivity index (χ0n) is 20.7. The van der Waals surface area contributed by atoms with Gasteiger partial charge in [-0.05, 0) is 75.3 Å². The third-order valence-electron chi connectivity index (χ3n) is 7.00. The maximum absolute atomic E-state index is 13.6. The Morgan fingerprint density at radius 1 is 1.06 bits per heavy atom. The number of carboxylic acid groups (broad SMARTS) is 1. The van der Waals surface area contributed by atoms with E-state index in [4.69, 9.17) is 0 Å². The van der Waals surface area contributed by atoms with Gasteiger partial charge in [-0.15, -0.1) is 16.4 Å². The number of anilines is 1. The van der Waals surface area contributed by atoms with Crippen LogP contribution in [0.3, 0.4) is 0 Å². The van der Waals surface area contributed by atoms with E-state index in [2.05, 4.69) is 17.1 Å². The molecule has 36 heavy (non-hydrogen) atoms. The highest BCUT2D eigenvalue weighted by molar-refractivity contribution is 7.18. The Kier molecular flexibility index (Phi) is 6.62. The van der Waals surface area contributed by atoms with Gasteiger partial charge in [0.2, 0.25) is 5.91 Å². The van der Waals surface area contributed by atoms with E-state index in [9.17, 15) is 14.7 Å². The number of carboxylic acids is 1. The summed E-state index contributed by atoms with van der Waals surface area (Å²) in [6.45, 7) is 6.13. The van der Waals surface area contributed by atoms with Crippen molar-refractivity contribution in [1.82, 2.24) is 14.8 Å². The molecule has 1 N–H and O–H groups in total. The van der Waals surface area contributed by atoms with Crippen molar-refractivity contribution >= 4 is 34.4 Å². The summed E-state index contributed by atoms with van der Waals surface area (Å²) in [5.74, 6) is -0.373. The highest BCUT2D eigenvalue weighted by Crippen LogP contribution is 2.40. The first-order chi connectivity index (χ1) is 17.3. The molecule has 7 nitrogen and oxygen atoms in total. The Morgan fingerprint density at radius 2 is 1.75 bits per heavy atom. The van der Waals surface area contributed by atoms with Gasteiger partial charge in [0.25, 0.3) is 0 Å². The number of fused-ring (bicyclic) bond motifs is 1. The van der Waals surface area contributed by atoms with Gasteiger partial charge in [0.05, 0.1) is 16.9 Å². The number of carbonyl (C=O) groups is 2. The summed E-state index contributed by atoms with van der Waals surface area (Å²) < 4.78 is 1.60. The molecule has 1 fully saturated rings. The number of hydrogen-bond donors (Lipinski definition) is 1. The minimum Gasteiger partial charge on any atom is -0.477 e. The van der Waals surface area contributed by atoms with Gasteiger partial charge in [-0.1, -0.05) is 31.2 Å². The third kappa shape index (κ3) is 4.65. The normalized spacial score (nSPS) is 18.0. The Balaban J connectivity index is 1.46. The van der Waals surface area contributed by atoms with Crippen molar-refractivity contribution in [2.75, 3.05) is 4.90 Å². The second kappa shape index (κ2) is 9.85. The van der Waals surface area contributed by atoms with Crippen LogP contribution in [0.25, 0.3) is 27.2 Å². The number of aromatic carboxylic acids is 1. The maximum Gasteiger partial charge on any atom is 0.348 e. The second-order valence-electron chi connectivity index (χ2n) is 9.93. The quantitative estimate of drug-likeness (QED) is 0.330. The number of rotatable bonds is 6. The number of benzene rings is 1. The van der Waals surface area contributed by atoms with Crippen LogP contribution in [0, 0.1) is 11.8 Å². The molecule has 0 unspecified atom stereocenters. The molecular formula is C28H30N4O3S. The van der Waals surface area contributed by atoms with Crippen molar-refractivity contribution in [2.24, 2.45) is 11.8 Å². The predicted molar refractivity (Wildman–Crippen MR) is 142 cm³/mol. The summed E-state index contributed by atoms with van der Waals surface area (Å²) in [6.07, 6.45) is 5.50. The molecule has 1 saturated carbocycles. The molecule has 1 amide bonds.